The molecule has 0 radical (unpaired) electrons. The zero-order valence-corrected chi connectivity index (χ0v) is 13.3. The van der Waals surface area contributed by atoms with Crippen molar-refractivity contribution in [1.29, 1.82) is 0 Å². The molecular formula is C17H18FN3O3. The van der Waals surface area contributed by atoms with Crippen molar-refractivity contribution in [3.8, 4) is 0 Å². The molecule has 1 saturated heterocycles. The van der Waals surface area contributed by atoms with Crippen molar-refractivity contribution in [2.24, 2.45) is 5.92 Å². The zero-order chi connectivity index (χ0) is 16.7. The maximum absolute atomic E-state index is 13.9. The minimum Gasteiger partial charge on any atom is -0.423 e. The van der Waals surface area contributed by atoms with Gasteiger partial charge in [-0.1, -0.05) is 18.2 Å². The summed E-state index contributed by atoms with van der Waals surface area (Å²) >= 11 is 0. The summed E-state index contributed by atoms with van der Waals surface area (Å²) in [4.78, 5) is 14.6. The summed E-state index contributed by atoms with van der Waals surface area (Å²) in [6.07, 6.45) is 0.673. The predicted octanol–water partition coefficient (Wildman–Crippen LogP) is 2.22. The van der Waals surface area contributed by atoms with Gasteiger partial charge in [0.05, 0.1) is 13.2 Å². The van der Waals surface area contributed by atoms with E-state index in [-0.39, 0.29) is 29.6 Å². The molecule has 0 spiro atoms. The summed E-state index contributed by atoms with van der Waals surface area (Å²) < 4.78 is 24.9. The Kier molecular flexibility index (Phi) is 3.80. The average Bonchev–Trinajstić information content (AvgIpc) is 3.28. The Balaban J connectivity index is 1.52. The first kappa shape index (κ1) is 15.3. The molecule has 1 amide bonds. The fraction of sp³-hybridized carbons (Fsp3) is 0.471. The summed E-state index contributed by atoms with van der Waals surface area (Å²) in [7, 11) is 0. The third kappa shape index (κ3) is 2.69. The van der Waals surface area contributed by atoms with Crippen LogP contribution in [0.3, 0.4) is 0 Å². The van der Waals surface area contributed by atoms with Crippen LogP contribution in [0.25, 0.3) is 0 Å². The molecule has 1 aliphatic carbocycles. The van der Waals surface area contributed by atoms with Crippen LogP contribution in [-0.4, -0.2) is 40.8 Å². The number of morpholine rings is 1. The number of amides is 1. The summed E-state index contributed by atoms with van der Waals surface area (Å²) in [6.45, 7) is 3.00. The monoisotopic (exact) mass is 331 g/mol. The van der Waals surface area contributed by atoms with E-state index < -0.39 is 0 Å². The van der Waals surface area contributed by atoms with Gasteiger partial charge in [0.15, 0.2) is 0 Å². The fourth-order valence-corrected chi connectivity index (χ4v) is 3.32. The first-order chi connectivity index (χ1) is 11.6. The second-order valence-electron chi connectivity index (χ2n) is 6.25. The Labute approximate surface area is 138 Å². The molecule has 1 saturated carbocycles. The van der Waals surface area contributed by atoms with E-state index >= 15 is 0 Å². The average molecular weight is 331 g/mol. The molecule has 24 heavy (non-hydrogen) atoms. The lowest BCUT2D eigenvalue weighted by Crippen LogP contribution is -2.44. The van der Waals surface area contributed by atoms with Crippen LogP contribution in [0.4, 0.5) is 4.39 Å². The molecule has 7 heteroatoms. The molecule has 2 heterocycles. The number of ether oxygens (including phenoxy) is 1. The number of hydrogen-bond acceptors (Lipinski definition) is 5. The number of hydrogen-bond donors (Lipinski definition) is 0. The first-order valence-electron chi connectivity index (χ1n) is 8.08. The number of aromatic nitrogens is 2. The van der Waals surface area contributed by atoms with Gasteiger partial charge in [-0.25, -0.2) is 4.39 Å². The van der Waals surface area contributed by atoms with Crippen LogP contribution in [0, 0.1) is 18.7 Å². The largest absolute Gasteiger partial charge is 0.423 e. The van der Waals surface area contributed by atoms with Crippen molar-refractivity contribution in [2.45, 2.75) is 25.3 Å². The molecule has 4 rings (SSSR count). The molecule has 2 aliphatic rings. The van der Waals surface area contributed by atoms with Crippen molar-refractivity contribution >= 4 is 5.91 Å². The second kappa shape index (κ2) is 5.98. The van der Waals surface area contributed by atoms with E-state index in [2.05, 4.69) is 10.2 Å². The van der Waals surface area contributed by atoms with Crippen molar-refractivity contribution in [3.05, 3.63) is 47.4 Å². The number of carbonyl (C=O) groups is 1. The highest BCUT2D eigenvalue weighted by atomic mass is 19.1. The minimum absolute atomic E-state index is 0.00686. The number of rotatable bonds is 3. The molecule has 1 aromatic carbocycles. The number of carbonyl (C=O) groups excluding carboxylic acids is 1. The maximum Gasteiger partial charge on any atom is 0.241 e. The third-order valence-corrected chi connectivity index (χ3v) is 4.65. The van der Waals surface area contributed by atoms with Gasteiger partial charge in [-0.2, -0.15) is 0 Å². The maximum atomic E-state index is 13.9. The normalized spacial score (nSPS) is 26.4. The van der Waals surface area contributed by atoms with Crippen LogP contribution in [0.2, 0.25) is 0 Å². The van der Waals surface area contributed by atoms with Gasteiger partial charge in [0.2, 0.25) is 17.7 Å². The number of nitrogens with zero attached hydrogens (tertiary/aromatic N) is 3. The Bertz CT molecular complexity index is 763. The Morgan fingerprint density at radius 1 is 1.33 bits per heavy atom. The van der Waals surface area contributed by atoms with Gasteiger partial charge in [0, 0.05) is 19.4 Å². The molecule has 3 unspecified atom stereocenters. The van der Waals surface area contributed by atoms with Crippen LogP contribution in [-0.2, 0) is 9.53 Å². The quantitative estimate of drug-likeness (QED) is 0.863. The van der Waals surface area contributed by atoms with Gasteiger partial charge in [0.25, 0.3) is 0 Å². The van der Waals surface area contributed by atoms with Gasteiger partial charge >= 0.3 is 0 Å². The molecule has 0 bridgehead atoms. The molecule has 2 aromatic rings. The van der Waals surface area contributed by atoms with Crippen molar-refractivity contribution in [2.75, 3.05) is 19.8 Å². The molecule has 6 nitrogen and oxygen atoms in total. The van der Waals surface area contributed by atoms with E-state index in [0.29, 0.717) is 43.5 Å². The molecule has 0 N–H and O–H groups in total. The van der Waals surface area contributed by atoms with Gasteiger partial charge in [-0.3, -0.25) is 4.79 Å². The zero-order valence-electron chi connectivity index (χ0n) is 13.3. The lowest BCUT2D eigenvalue weighted by Gasteiger charge is -2.33. The van der Waals surface area contributed by atoms with Gasteiger partial charge < -0.3 is 14.1 Å². The van der Waals surface area contributed by atoms with Crippen LogP contribution in [0.5, 0.6) is 0 Å². The SMILES string of the molecule is Cc1nnc(C2COCCN2C(=O)C2CC2c2ccccc2F)o1. The highest BCUT2D eigenvalue weighted by molar-refractivity contribution is 5.83. The summed E-state index contributed by atoms with van der Waals surface area (Å²) in [6, 6.07) is 6.29. The molecule has 2 fully saturated rings. The molecule has 3 atom stereocenters. The van der Waals surface area contributed by atoms with Gasteiger partial charge in [-0.15, -0.1) is 10.2 Å². The number of aryl methyl sites for hydroxylation is 1. The smallest absolute Gasteiger partial charge is 0.241 e. The van der Waals surface area contributed by atoms with E-state index in [1.54, 1.807) is 30.0 Å². The van der Waals surface area contributed by atoms with Gasteiger partial charge in [-0.05, 0) is 24.0 Å². The van der Waals surface area contributed by atoms with Crippen LogP contribution < -0.4 is 0 Å². The minimum atomic E-state index is -0.366. The molecule has 1 aliphatic heterocycles. The van der Waals surface area contributed by atoms with Gasteiger partial charge in [0.1, 0.15) is 11.9 Å². The summed E-state index contributed by atoms with van der Waals surface area (Å²) in [5, 5.41) is 7.85. The Morgan fingerprint density at radius 3 is 2.92 bits per heavy atom. The lowest BCUT2D eigenvalue weighted by atomic mass is 10.1. The predicted molar refractivity (Wildman–Crippen MR) is 81.6 cm³/mol. The van der Waals surface area contributed by atoms with Crippen LogP contribution >= 0.6 is 0 Å². The van der Waals surface area contributed by atoms with Crippen molar-refractivity contribution < 1.29 is 18.3 Å². The Morgan fingerprint density at radius 2 is 2.17 bits per heavy atom. The lowest BCUT2D eigenvalue weighted by molar-refractivity contribution is -0.142. The van der Waals surface area contributed by atoms with Crippen molar-refractivity contribution in [1.82, 2.24) is 15.1 Å². The molecular weight excluding hydrogens is 313 g/mol. The van der Waals surface area contributed by atoms with E-state index in [4.69, 9.17) is 9.15 Å². The van der Waals surface area contributed by atoms with E-state index in [9.17, 15) is 9.18 Å². The Hall–Kier alpha value is -2.28. The number of halogens is 1. The molecule has 1 aromatic heterocycles. The standard InChI is InChI=1S/C17H18FN3O3/c1-10-19-20-16(24-10)15-9-23-7-6-21(15)17(22)13-8-12(13)11-4-2-3-5-14(11)18/h2-5,12-13,15H,6-9H2,1H3. The van der Waals surface area contributed by atoms with E-state index in [1.165, 1.54) is 6.07 Å². The summed E-state index contributed by atoms with van der Waals surface area (Å²) in [5.41, 5.74) is 0.620. The highest BCUT2D eigenvalue weighted by Gasteiger charge is 2.49. The van der Waals surface area contributed by atoms with E-state index in [1.807, 2.05) is 0 Å². The first-order valence-corrected chi connectivity index (χ1v) is 8.08. The topological polar surface area (TPSA) is 68.5 Å². The van der Waals surface area contributed by atoms with Crippen LogP contribution in [0.1, 0.15) is 35.7 Å². The molecule has 126 valence electrons. The van der Waals surface area contributed by atoms with Crippen LogP contribution in [0.15, 0.2) is 28.7 Å². The number of benzene rings is 1. The second-order valence-corrected chi connectivity index (χ2v) is 6.25. The third-order valence-electron chi connectivity index (χ3n) is 4.65. The van der Waals surface area contributed by atoms with Crippen molar-refractivity contribution in [3.63, 3.8) is 0 Å². The fourth-order valence-electron chi connectivity index (χ4n) is 3.32. The highest BCUT2D eigenvalue weighted by Crippen LogP contribution is 2.50. The van der Waals surface area contributed by atoms with E-state index in [0.717, 1.165) is 0 Å². The summed E-state index contributed by atoms with van der Waals surface area (Å²) in [5.74, 6) is 0.372.